The second-order valence-corrected chi connectivity index (χ2v) is 9.46. The molecule has 0 saturated heterocycles. The summed E-state index contributed by atoms with van der Waals surface area (Å²) in [6, 6.07) is 23.7. The largest absolute Gasteiger partial charge is 0.340 e. The van der Waals surface area contributed by atoms with Crippen LogP contribution >= 0.6 is 23.2 Å². The maximum atomic E-state index is 13.1. The molecule has 0 atom stereocenters. The number of halogens is 2. The van der Waals surface area contributed by atoms with Crippen molar-refractivity contribution >= 4 is 45.8 Å². The molecule has 3 aromatic carbocycles. The quantitative estimate of drug-likeness (QED) is 0.269. The predicted molar refractivity (Wildman–Crippen MR) is 143 cm³/mol. The third kappa shape index (κ3) is 4.83. The van der Waals surface area contributed by atoms with Crippen molar-refractivity contribution < 1.29 is 4.79 Å². The van der Waals surface area contributed by atoms with Gasteiger partial charge in [-0.2, -0.15) is 5.10 Å². The van der Waals surface area contributed by atoms with Crippen LogP contribution in [0.5, 0.6) is 0 Å². The number of rotatable bonds is 6. The number of aromatic nitrogens is 3. The lowest BCUT2D eigenvalue weighted by atomic mass is 10.1. The fourth-order valence-electron chi connectivity index (χ4n) is 4.28. The van der Waals surface area contributed by atoms with Crippen LogP contribution in [0.3, 0.4) is 0 Å². The van der Waals surface area contributed by atoms with E-state index in [0.29, 0.717) is 28.0 Å². The van der Waals surface area contributed by atoms with Crippen molar-refractivity contribution in [1.29, 1.82) is 0 Å². The molecule has 1 amide bonds. The molecule has 5 nitrogen and oxygen atoms in total. The highest BCUT2D eigenvalue weighted by atomic mass is 35.5. The molecule has 2 heterocycles. The molecule has 35 heavy (non-hydrogen) atoms. The highest BCUT2D eigenvalue weighted by Gasteiger charge is 2.16. The van der Waals surface area contributed by atoms with Gasteiger partial charge in [-0.05, 0) is 60.9 Å². The number of nitrogens with one attached hydrogen (secondary N) is 1. The topological polar surface area (TPSA) is 51.9 Å². The molecular formula is C28H24Cl2N4O. The van der Waals surface area contributed by atoms with E-state index >= 15 is 0 Å². The Labute approximate surface area is 213 Å². The first kappa shape index (κ1) is 23.2. The maximum absolute atomic E-state index is 13.1. The van der Waals surface area contributed by atoms with Crippen LogP contribution in [0, 0.1) is 13.8 Å². The van der Waals surface area contributed by atoms with Crippen molar-refractivity contribution in [3.05, 3.63) is 117 Å². The predicted octanol–water partition coefficient (Wildman–Crippen LogP) is 7.11. The normalized spacial score (nSPS) is 11.2. The van der Waals surface area contributed by atoms with Crippen molar-refractivity contribution in [3.8, 4) is 0 Å². The summed E-state index contributed by atoms with van der Waals surface area (Å²) in [6.07, 6.45) is 1.70. The first-order valence-corrected chi connectivity index (χ1v) is 12.1. The molecule has 0 aliphatic carbocycles. The Morgan fingerprint density at radius 3 is 2.37 bits per heavy atom. The van der Waals surface area contributed by atoms with Crippen LogP contribution in [0.2, 0.25) is 10.0 Å². The number of amides is 1. The minimum atomic E-state index is -0.251. The molecule has 0 fully saturated rings. The average Bonchev–Trinajstić information content (AvgIpc) is 3.32. The Bertz CT molecular complexity index is 1520. The van der Waals surface area contributed by atoms with Crippen molar-refractivity contribution in [3.63, 3.8) is 0 Å². The van der Waals surface area contributed by atoms with E-state index in [9.17, 15) is 4.79 Å². The number of fused-ring (bicyclic) bond motifs is 1. The Morgan fingerprint density at radius 2 is 1.63 bits per heavy atom. The number of benzene rings is 3. The lowest BCUT2D eigenvalue weighted by Crippen LogP contribution is -2.13. The van der Waals surface area contributed by atoms with E-state index in [0.717, 1.165) is 28.6 Å². The third-order valence-corrected chi connectivity index (χ3v) is 6.82. The Balaban J connectivity index is 1.37. The molecule has 176 valence electrons. The minimum Gasteiger partial charge on any atom is -0.340 e. The first-order chi connectivity index (χ1) is 16.9. The zero-order valence-corrected chi connectivity index (χ0v) is 20.9. The van der Waals surface area contributed by atoms with E-state index in [1.807, 2.05) is 60.7 Å². The maximum Gasteiger partial charge on any atom is 0.256 e. The summed E-state index contributed by atoms with van der Waals surface area (Å²) >= 11 is 12.3. The van der Waals surface area contributed by atoms with Gasteiger partial charge in [-0.15, -0.1) is 0 Å². The fourth-order valence-corrected chi connectivity index (χ4v) is 4.60. The van der Waals surface area contributed by atoms with Gasteiger partial charge in [-0.3, -0.25) is 9.48 Å². The third-order valence-electron chi connectivity index (χ3n) is 6.29. The summed E-state index contributed by atoms with van der Waals surface area (Å²) in [4.78, 5) is 13.1. The second-order valence-electron chi connectivity index (χ2n) is 8.62. The van der Waals surface area contributed by atoms with Gasteiger partial charge in [0.15, 0.2) is 5.82 Å². The van der Waals surface area contributed by atoms with Gasteiger partial charge in [0, 0.05) is 39.9 Å². The number of anilines is 1. The van der Waals surface area contributed by atoms with Gasteiger partial charge < -0.3 is 9.88 Å². The van der Waals surface area contributed by atoms with Gasteiger partial charge >= 0.3 is 0 Å². The minimum absolute atomic E-state index is 0.251. The lowest BCUT2D eigenvalue weighted by molar-refractivity contribution is 0.102. The Hall–Kier alpha value is -3.54. The Morgan fingerprint density at radius 1 is 0.914 bits per heavy atom. The number of hydrogen-bond acceptors (Lipinski definition) is 2. The van der Waals surface area contributed by atoms with Gasteiger partial charge in [0.1, 0.15) is 5.02 Å². The van der Waals surface area contributed by atoms with Gasteiger partial charge in [-0.25, -0.2) is 0 Å². The average molecular weight is 503 g/mol. The standard InChI is InChI=1S/C28H24Cl2N4O/c1-18-19(2)34(16-20-6-4-3-5-7-20)26-13-10-22(14-24(18)26)28(35)31-27-25(30)17-33(32-27)15-21-8-11-23(29)12-9-21/h3-14,17H,15-16H2,1-2H3,(H,31,32,35). The molecule has 2 aromatic heterocycles. The molecule has 0 spiro atoms. The van der Waals surface area contributed by atoms with Crippen LogP contribution in [0.15, 0.2) is 79.0 Å². The van der Waals surface area contributed by atoms with Crippen LogP contribution in [-0.4, -0.2) is 20.3 Å². The summed E-state index contributed by atoms with van der Waals surface area (Å²) < 4.78 is 3.98. The van der Waals surface area contributed by atoms with Crippen molar-refractivity contribution in [1.82, 2.24) is 14.3 Å². The van der Waals surface area contributed by atoms with Gasteiger partial charge in [0.05, 0.1) is 6.54 Å². The van der Waals surface area contributed by atoms with Crippen molar-refractivity contribution in [2.75, 3.05) is 5.32 Å². The number of carbonyl (C=O) groups is 1. The first-order valence-electron chi connectivity index (χ1n) is 11.3. The smallest absolute Gasteiger partial charge is 0.256 e. The molecule has 0 radical (unpaired) electrons. The summed E-state index contributed by atoms with van der Waals surface area (Å²) in [5.74, 6) is 0.0821. The van der Waals surface area contributed by atoms with Gasteiger partial charge in [-0.1, -0.05) is 65.7 Å². The summed E-state index contributed by atoms with van der Waals surface area (Å²) in [7, 11) is 0. The van der Waals surface area contributed by atoms with E-state index in [1.165, 1.54) is 11.3 Å². The van der Waals surface area contributed by atoms with E-state index in [1.54, 1.807) is 10.9 Å². The van der Waals surface area contributed by atoms with E-state index in [4.69, 9.17) is 23.2 Å². The van der Waals surface area contributed by atoms with Gasteiger partial charge in [0.2, 0.25) is 0 Å². The summed E-state index contributed by atoms with van der Waals surface area (Å²) in [5, 5.41) is 9.43. The van der Waals surface area contributed by atoms with E-state index in [-0.39, 0.29) is 5.91 Å². The molecule has 5 aromatic rings. The fraction of sp³-hybridized carbons (Fsp3) is 0.143. The Kier molecular flexibility index (Phi) is 6.37. The molecule has 5 rings (SSSR count). The van der Waals surface area contributed by atoms with Crippen molar-refractivity contribution in [2.24, 2.45) is 0 Å². The number of nitrogens with zero attached hydrogens (tertiary/aromatic N) is 3. The highest BCUT2D eigenvalue weighted by Crippen LogP contribution is 2.28. The lowest BCUT2D eigenvalue weighted by Gasteiger charge is -2.09. The van der Waals surface area contributed by atoms with Gasteiger partial charge in [0.25, 0.3) is 5.91 Å². The second kappa shape index (κ2) is 9.61. The molecule has 0 saturated carbocycles. The molecule has 0 unspecified atom stereocenters. The molecule has 7 heteroatoms. The zero-order valence-electron chi connectivity index (χ0n) is 19.4. The van der Waals surface area contributed by atoms with Crippen LogP contribution in [-0.2, 0) is 13.1 Å². The molecule has 0 bridgehead atoms. The SMILES string of the molecule is Cc1c(C)n(Cc2ccccc2)c2ccc(C(=O)Nc3nn(Cc4ccc(Cl)cc4)cc3Cl)cc12. The van der Waals surface area contributed by atoms with Crippen LogP contribution in [0.25, 0.3) is 10.9 Å². The number of carbonyl (C=O) groups excluding carboxylic acids is 1. The van der Waals surface area contributed by atoms with E-state index in [2.05, 4.69) is 41.0 Å². The van der Waals surface area contributed by atoms with E-state index < -0.39 is 0 Å². The van der Waals surface area contributed by atoms with Crippen molar-refractivity contribution in [2.45, 2.75) is 26.9 Å². The van der Waals surface area contributed by atoms with Crippen LogP contribution < -0.4 is 5.32 Å². The molecular weight excluding hydrogens is 479 g/mol. The van der Waals surface area contributed by atoms with Crippen LogP contribution in [0.4, 0.5) is 5.82 Å². The highest BCUT2D eigenvalue weighted by molar-refractivity contribution is 6.33. The number of hydrogen-bond donors (Lipinski definition) is 1. The molecule has 0 aliphatic heterocycles. The summed E-state index contributed by atoms with van der Waals surface area (Å²) in [6.45, 7) is 5.51. The summed E-state index contributed by atoms with van der Waals surface area (Å²) in [5.41, 5.74) is 6.27. The molecule has 1 N–H and O–H groups in total. The molecule has 0 aliphatic rings. The van der Waals surface area contributed by atoms with Crippen LogP contribution in [0.1, 0.15) is 32.7 Å². The monoisotopic (exact) mass is 502 g/mol. The number of aryl methyl sites for hydroxylation is 1. The zero-order chi connectivity index (χ0) is 24.5.